The third-order valence-corrected chi connectivity index (χ3v) is 8.31. The molecule has 4 rings (SSSR count). The number of nitrogens with zero attached hydrogens (tertiary/aromatic N) is 2. The van der Waals surface area contributed by atoms with Crippen LogP contribution < -0.4 is 10.6 Å². The quantitative estimate of drug-likeness (QED) is 0.289. The van der Waals surface area contributed by atoms with Gasteiger partial charge in [0.2, 0.25) is 5.91 Å². The summed E-state index contributed by atoms with van der Waals surface area (Å²) in [6, 6.07) is 22.3. The molecule has 0 aliphatic carbocycles. The Labute approximate surface area is 251 Å². The summed E-state index contributed by atoms with van der Waals surface area (Å²) in [5, 5.41) is 25.6. The number of carboxylic acid groups (broad SMARTS) is 1. The van der Waals surface area contributed by atoms with Gasteiger partial charge in [0, 0.05) is 29.2 Å². The molecule has 0 radical (unpaired) electrons. The minimum atomic E-state index is -1.06. The SMILES string of the molecule is CCN1CCC(C#N)(NC(=O)[C@H](C[C@H](C)c2ccccc2)NC(=O)c2ccc(-c3cc(C(=O)O)ccc3Cl)cc2)CC1. The molecule has 9 heteroatoms. The Hall–Kier alpha value is -4.19. The Bertz CT molecular complexity index is 1460. The number of nitriles is 1. The zero-order chi connectivity index (χ0) is 30.3. The van der Waals surface area contributed by atoms with E-state index in [2.05, 4.69) is 28.5 Å². The molecule has 2 atom stereocenters. The molecule has 1 heterocycles. The number of carbonyl (C=O) groups is 3. The highest BCUT2D eigenvalue weighted by Crippen LogP contribution is 2.30. The molecule has 1 aliphatic heterocycles. The van der Waals surface area contributed by atoms with Crippen LogP contribution in [-0.4, -0.2) is 59.0 Å². The smallest absolute Gasteiger partial charge is 0.335 e. The van der Waals surface area contributed by atoms with Crippen LogP contribution in [-0.2, 0) is 4.79 Å². The summed E-state index contributed by atoms with van der Waals surface area (Å²) >= 11 is 6.32. The van der Waals surface area contributed by atoms with Crippen molar-refractivity contribution in [1.29, 1.82) is 5.26 Å². The summed E-state index contributed by atoms with van der Waals surface area (Å²) in [7, 11) is 0. The van der Waals surface area contributed by atoms with Gasteiger partial charge in [-0.3, -0.25) is 9.59 Å². The molecule has 0 aromatic heterocycles. The van der Waals surface area contributed by atoms with Gasteiger partial charge in [-0.25, -0.2) is 4.79 Å². The fraction of sp³-hybridized carbons (Fsp3) is 0.333. The van der Waals surface area contributed by atoms with E-state index in [0.29, 0.717) is 54.1 Å². The second kappa shape index (κ2) is 13.6. The van der Waals surface area contributed by atoms with E-state index in [0.717, 1.165) is 12.1 Å². The Morgan fingerprint density at radius 1 is 1.02 bits per heavy atom. The lowest BCUT2D eigenvalue weighted by molar-refractivity contribution is -0.125. The molecule has 0 unspecified atom stereocenters. The van der Waals surface area contributed by atoms with Crippen LogP contribution >= 0.6 is 11.6 Å². The van der Waals surface area contributed by atoms with Crippen LogP contribution in [0.3, 0.4) is 0 Å². The predicted octanol–water partition coefficient (Wildman–Crippen LogP) is 5.49. The number of carboxylic acids is 1. The molecular weight excluding hydrogens is 552 g/mol. The number of rotatable bonds is 10. The number of amides is 2. The van der Waals surface area contributed by atoms with Gasteiger partial charge in [-0.1, -0.05) is 67.9 Å². The Balaban J connectivity index is 1.54. The fourth-order valence-corrected chi connectivity index (χ4v) is 5.49. The average molecular weight is 587 g/mol. The number of piperidine rings is 1. The number of likely N-dealkylation sites (tertiary alicyclic amines) is 1. The minimum Gasteiger partial charge on any atom is -0.478 e. The molecule has 42 heavy (non-hydrogen) atoms. The normalized spacial score (nSPS) is 16.0. The minimum absolute atomic E-state index is 0.0340. The Kier molecular flexibility index (Phi) is 10.00. The van der Waals surface area contributed by atoms with E-state index in [1.165, 1.54) is 18.2 Å². The third-order valence-electron chi connectivity index (χ3n) is 7.98. The highest BCUT2D eigenvalue weighted by atomic mass is 35.5. The number of aromatic carboxylic acids is 1. The van der Waals surface area contributed by atoms with Crippen LogP contribution in [0, 0.1) is 11.3 Å². The van der Waals surface area contributed by atoms with Gasteiger partial charge in [-0.05, 0) is 73.2 Å². The van der Waals surface area contributed by atoms with Crippen molar-refractivity contribution in [3.05, 3.63) is 94.5 Å². The largest absolute Gasteiger partial charge is 0.478 e. The molecular formula is C33H35ClN4O4. The summed E-state index contributed by atoms with van der Waals surface area (Å²) < 4.78 is 0. The van der Waals surface area contributed by atoms with Crippen molar-refractivity contribution >= 4 is 29.4 Å². The zero-order valence-corrected chi connectivity index (χ0v) is 24.5. The van der Waals surface area contributed by atoms with Gasteiger partial charge in [0.15, 0.2) is 0 Å². The molecule has 0 spiro atoms. The van der Waals surface area contributed by atoms with E-state index >= 15 is 0 Å². The van der Waals surface area contributed by atoms with Crippen molar-refractivity contribution in [3.8, 4) is 17.2 Å². The number of nitrogens with one attached hydrogen (secondary N) is 2. The van der Waals surface area contributed by atoms with Crippen molar-refractivity contribution in [1.82, 2.24) is 15.5 Å². The average Bonchev–Trinajstić information content (AvgIpc) is 3.01. The van der Waals surface area contributed by atoms with E-state index in [9.17, 15) is 24.8 Å². The van der Waals surface area contributed by atoms with Gasteiger partial charge in [0.1, 0.15) is 11.6 Å². The van der Waals surface area contributed by atoms with Gasteiger partial charge in [0.05, 0.1) is 11.6 Å². The number of carbonyl (C=O) groups excluding carboxylic acids is 2. The summed E-state index contributed by atoms with van der Waals surface area (Å²) in [5.74, 6) is -1.91. The maximum atomic E-state index is 13.7. The van der Waals surface area contributed by atoms with E-state index in [-0.39, 0.29) is 17.4 Å². The molecule has 0 saturated carbocycles. The highest BCUT2D eigenvalue weighted by molar-refractivity contribution is 6.33. The number of hydrogen-bond acceptors (Lipinski definition) is 5. The lowest BCUT2D eigenvalue weighted by Crippen LogP contribution is -2.59. The van der Waals surface area contributed by atoms with Gasteiger partial charge < -0.3 is 20.6 Å². The van der Waals surface area contributed by atoms with E-state index < -0.39 is 23.5 Å². The first-order valence-electron chi connectivity index (χ1n) is 14.1. The monoisotopic (exact) mass is 586 g/mol. The molecule has 1 aliphatic rings. The first kappa shape index (κ1) is 30.8. The van der Waals surface area contributed by atoms with Crippen LogP contribution in [0.25, 0.3) is 11.1 Å². The molecule has 0 bridgehead atoms. The lowest BCUT2D eigenvalue weighted by atomic mass is 9.87. The number of hydrogen-bond donors (Lipinski definition) is 3. The van der Waals surface area contributed by atoms with Crippen LogP contribution in [0.1, 0.15) is 65.3 Å². The third kappa shape index (κ3) is 7.35. The highest BCUT2D eigenvalue weighted by Gasteiger charge is 2.38. The summed E-state index contributed by atoms with van der Waals surface area (Å²) in [6.07, 6.45) is 1.38. The number of halogens is 1. The molecule has 1 saturated heterocycles. The molecule has 3 N–H and O–H groups in total. The second-order valence-electron chi connectivity index (χ2n) is 10.8. The predicted molar refractivity (Wildman–Crippen MR) is 162 cm³/mol. The fourth-order valence-electron chi connectivity index (χ4n) is 5.26. The summed E-state index contributed by atoms with van der Waals surface area (Å²) in [4.78, 5) is 40.7. The molecule has 1 fully saturated rings. The molecule has 2 amide bonds. The first-order chi connectivity index (χ1) is 20.1. The molecule has 3 aromatic carbocycles. The molecule has 218 valence electrons. The van der Waals surface area contributed by atoms with Gasteiger partial charge in [0.25, 0.3) is 5.91 Å². The van der Waals surface area contributed by atoms with Gasteiger partial charge >= 0.3 is 5.97 Å². The van der Waals surface area contributed by atoms with Crippen molar-refractivity contribution < 1.29 is 19.5 Å². The number of benzene rings is 3. The maximum absolute atomic E-state index is 13.7. The van der Waals surface area contributed by atoms with Crippen molar-refractivity contribution in [3.63, 3.8) is 0 Å². The first-order valence-corrected chi connectivity index (χ1v) is 14.5. The van der Waals surface area contributed by atoms with E-state index in [4.69, 9.17) is 11.6 Å². The molecule has 8 nitrogen and oxygen atoms in total. The van der Waals surface area contributed by atoms with Gasteiger partial charge in [-0.15, -0.1) is 0 Å². The van der Waals surface area contributed by atoms with Gasteiger partial charge in [-0.2, -0.15) is 5.26 Å². The summed E-state index contributed by atoms with van der Waals surface area (Å²) in [6.45, 7) is 6.40. The van der Waals surface area contributed by atoms with Crippen molar-refractivity contribution in [2.45, 2.75) is 50.6 Å². The zero-order valence-electron chi connectivity index (χ0n) is 23.8. The lowest BCUT2D eigenvalue weighted by Gasteiger charge is -2.38. The van der Waals surface area contributed by atoms with Crippen LogP contribution in [0.4, 0.5) is 0 Å². The van der Waals surface area contributed by atoms with E-state index in [1.807, 2.05) is 37.3 Å². The Morgan fingerprint density at radius 2 is 1.67 bits per heavy atom. The molecule has 3 aromatic rings. The Morgan fingerprint density at radius 3 is 2.26 bits per heavy atom. The van der Waals surface area contributed by atoms with Crippen LogP contribution in [0.5, 0.6) is 0 Å². The van der Waals surface area contributed by atoms with Crippen LogP contribution in [0.15, 0.2) is 72.8 Å². The maximum Gasteiger partial charge on any atom is 0.335 e. The van der Waals surface area contributed by atoms with Crippen LogP contribution in [0.2, 0.25) is 5.02 Å². The standard InChI is InChI=1S/C33H35ClN4O4/c1-3-38-17-15-33(21-35,16-18-38)37-31(40)29(19-22(2)23-7-5-4-6-8-23)36-30(39)25-11-9-24(10-12-25)27-20-26(32(41)42)13-14-28(27)34/h4-14,20,22,29H,3,15-19H2,1-2H3,(H,36,39)(H,37,40)(H,41,42)/t22-,29-/m0/s1. The van der Waals surface area contributed by atoms with E-state index in [1.54, 1.807) is 24.3 Å². The topological polar surface area (TPSA) is 123 Å². The second-order valence-corrected chi connectivity index (χ2v) is 11.2. The summed E-state index contributed by atoms with van der Waals surface area (Å²) in [5.41, 5.74) is 1.69. The van der Waals surface area contributed by atoms with Crippen molar-refractivity contribution in [2.75, 3.05) is 19.6 Å². The van der Waals surface area contributed by atoms with Crippen molar-refractivity contribution in [2.24, 2.45) is 0 Å².